The summed E-state index contributed by atoms with van der Waals surface area (Å²) >= 11 is 0. The monoisotopic (exact) mass is 301 g/mol. The number of carboxylic acid groups (broad SMARTS) is 1. The molecule has 0 bridgehead atoms. The number of aromatic nitrogens is 1. The average molecular weight is 301 g/mol. The number of hydrogen-bond donors (Lipinski definition) is 2. The summed E-state index contributed by atoms with van der Waals surface area (Å²) in [4.78, 5) is 25.5. The lowest BCUT2D eigenvalue weighted by Crippen LogP contribution is -2.30. The number of hydrogen-bond acceptors (Lipinski definition) is 5. The van der Waals surface area contributed by atoms with Crippen molar-refractivity contribution < 1.29 is 14.8 Å². The standard InChI is InChI=1S/C15H15N3O4/c1-10(11-4-6-13(7-5-11)18(21)22)17-14(15(19)20)12-3-2-8-16-9-12/h2-10,14,17H,1H3,(H,19,20)/t10-,14?/m1/s1. The van der Waals surface area contributed by atoms with Crippen LogP contribution in [0, 0.1) is 10.1 Å². The van der Waals surface area contributed by atoms with Gasteiger partial charge in [-0.2, -0.15) is 0 Å². The number of nitrogens with one attached hydrogen (secondary N) is 1. The molecule has 7 nitrogen and oxygen atoms in total. The van der Waals surface area contributed by atoms with E-state index < -0.39 is 16.9 Å². The van der Waals surface area contributed by atoms with E-state index in [4.69, 9.17) is 0 Å². The molecule has 0 saturated carbocycles. The van der Waals surface area contributed by atoms with Crippen LogP contribution in [0.25, 0.3) is 0 Å². The number of carbonyl (C=O) groups is 1. The average Bonchev–Trinajstić information content (AvgIpc) is 2.53. The summed E-state index contributed by atoms with van der Waals surface area (Å²) in [5.41, 5.74) is 1.31. The Kier molecular flexibility index (Phi) is 4.80. The minimum absolute atomic E-state index is 0.00186. The Bertz CT molecular complexity index is 658. The highest BCUT2D eigenvalue weighted by molar-refractivity contribution is 5.75. The van der Waals surface area contributed by atoms with Gasteiger partial charge in [-0.15, -0.1) is 0 Å². The van der Waals surface area contributed by atoms with Crippen molar-refractivity contribution in [3.05, 3.63) is 70.0 Å². The van der Waals surface area contributed by atoms with Crippen molar-refractivity contribution in [2.45, 2.75) is 19.0 Å². The third-order valence-electron chi connectivity index (χ3n) is 3.29. The van der Waals surface area contributed by atoms with E-state index in [0.717, 1.165) is 5.56 Å². The molecule has 2 rings (SSSR count). The molecule has 0 spiro atoms. The van der Waals surface area contributed by atoms with Crippen molar-refractivity contribution in [2.75, 3.05) is 0 Å². The number of pyridine rings is 1. The molecular weight excluding hydrogens is 286 g/mol. The highest BCUT2D eigenvalue weighted by Gasteiger charge is 2.22. The third-order valence-corrected chi connectivity index (χ3v) is 3.29. The van der Waals surface area contributed by atoms with Crippen molar-refractivity contribution in [1.82, 2.24) is 10.3 Å². The Balaban J connectivity index is 2.16. The number of carboxylic acids is 1. The largest absolute Gasteiger partial charge is 0.480 e. The van der Waals surface area contributed by atoms with E-state index in [1.54, 1.807) is 37.4 Å². The molecule has 2 atom stereocenters. The smallest absolute Gasteiger partial charge is 0.325 e. The lowest BCUT2D eigenvalue weighted by molar-refractivity contribution is -0.384. The minimum Gasteiger partial charge on any atom is -0.480 e. The lowest BCUT2D eigenvalue weighted by atomic mass is 10.0. The number of non-ortho nitro benzene ring substituents is 1. The number of aliphatic carboxylic acids is 1. The Morgan fingerprint density at radius 2 is 1.95 bits per heavy atom. The van der Waals surface area contributed by atoms with Gasteiger partial charge in [0.05, 0.1) is 4.92 Å². The summed E-state index contributed by atoms with van der Waals surface area (Å²) in [5, 5.41) is 23.0. The predicted molar refractivity (Wildman–Crippen MR) is 79.3 cm³/mol. The van der Waals surface area contributed by atoms with Gasteiger partial charge in [0.15, 0.2) is 0 Å². The van der Waals surface area contributed by atoms with Crippen LogP contribution in [0.1, 0.15) is 30.1 Å². The van der Waals surface area contributed by atoms with Gasteiger partial charge in [0, 0.05) is 30.6 Å². The molecule has 1 unspecified atom stereocenters. The topological polar surface area (TPSA) is 105 Å². The van der Waals surface area contributed by atoms with Gasteiger partial charge in [-0.25, -0.2) is 0 Å². The highest BCUT2D eigenvalue weighted by atomic mass is 16.6. The summed E-state index contributed by atoms with van der Waals surface area (Å²) in [6.45, 7) is 1.80. The first-order valence-electron chi connectivity index (χ1n) is 6.62. The van der Waals surface area contributed by atoms with E-state index in [1.807, 2.05) is 0 Å². The van der Waals surface area contributed by atoms with Gasteiger partial charge in [0.1, 0.15) is 6.04 Å². The Hall–Kier alpha value is -2.80. The van der Waals surface area contributed by atoms with E-state index in [9.17, 15) is 20.0 Å². The molecule has 1 aromatic carbocycles. The fourth-order valence-electron chi connectivity index (χ4n) is 2.09. The first-order chi connectivity index (χ1) is 10.5. The van der Waals surface area contributed by atoms with Gasteiger partial charge in [0.25, 0.3) is 5.69 Å². The Morgan fingerprint density at radius 3 is 2.45 bits per heavy atom. The lowest BCUT2D eigenvalue weighted by Gasteiger charge is -2.20. The van der Waals surface area contributed by atoms with E-state index >= 15 is 0 Å². The maximum atomic E-state index is 11.4. The van der Waals surface area contributed by atoms with Crippen LogP contribution in [0.5, 0.6) is 0 Å². The fourth-order valence-corrected chi connectivity index (χ4v) is 2.09. The molecule has 0 amide bonds. The molecule has 0 aliphatic rings. The molecule has 2 N–H and O–H groups in total. The molecule has 0 saturated heterocycles. The van der Waals surface area contributed by atoms with Gasteiger partial charge in [0.2, 0.25) is 0 Å². The SMILES string of the molecule is C[C@@H](NC(C(=O)O)c1cccnc1)c1ccc([N+](=O)[O-])cc1. The molecule has 114 valence electrons. The summed E-state index contributed by atoms with van der Waals surface area (Å²) < 4.78 is 0. The molecule has 1 heterocycles. The van der Waals surface area contributed by atoms with Gasteiger partial charge in [-0.3, -0.25) is 25.2 Å². The van der Waals surface area contributed by atoms with Crippen LogP contribution in [-0.4, -0.2) is 21.0 Å². The van der Waals surface area contributed by atoms with E-state index in [1.165, 1.54) is 18.3 Å². The normalized spacial score (nSPS) is 13.3. The Morgan fingerprint density at radius 1 is 1.27 bits per heavy atom. The third kappa shape index (κ3) is 3.64. The van der Waals surface area contributed by atoms with Gasteiger partial charge < -0.3 is 5.11 Å². The second-order valence-corrected chi connectivity index (χ2v) is 4.79. The first-order valence-corrected chi connectivity index (χ1v) is 6.62. The molecule has 22 heavy (non-hydrogen) atoms. The summed E-state index contributed by atoms with van der Waals surface area (Å²) in [5.74, 6) is -1.01. The zero-order valence-corrected chi connectivity index (χ0v) is 11.8. The number of nitro groups is 1. The minimum atomic E-state index is -1.01. The van der Waals surface area contributed by atoms with E-state index in [0.29, 0.717) is 5.56 Å². The maximum Gasteiger partial charge on any atom is 0.325 e. The van der Waals surface area contributed by atoms with Crippen LogP contribution < -0.4 is 5.32 Å². The van der Waals surface area contributed by atoms with Crippen molar-refractivity contribution in [1.29, 1.82) is 0 Å². The fraction of sp³-hybridized carbons (Fsp3) is 0.200. The zero-order chi connectivity index (χ0) is 16.1. The van der Waals surface area contributed by atoms with E-state index in [-0.39, 0.29) is 11.7 Å². The summed E-state index contributed by atoms with van der Waals surface area (Å²) in [6.07, 6.45) is 3.07. The zero-order valence-electron chi connectivity index (χ0n) is 11.8. The van der Waals surface area contributed by atoms with Crippen LogP contribution in [0.4, 0.5) is 5.69 Å². The van der Waals surface area contributed by atoms with E-state index in [2.05, 4.69) is 10.3 Å². The van der Waals surface area contributed by atoms with Crippen LogP contribution >= 0.6 is 0 Å². The van der Waals surface area contributed by atoms with Gasteiger partial charge >= 0.3 is 5.97 Å². The Labute approximate surface area is 126 Å². The molecule has 0 aliphatic carbocycles. The quantitative estimate of drug-likeness (QED) is 0.627. The van der Waals surface area contributed by atoms with Crippen molar-refractivity contribution in [3.8, 4) is 0 Å². The van der Waals surface area contributed by atoms with Gasteiger partial charge in [-0.1, -0.05) is 18.2 Å². The molecule has 0 fully saturated rings. The van der Waals surface area contributed by atoms with Crippen LogP contribution in [0.3, 0.4) is 0 Å². The molecule has 0 radical (unpaired) electrons. The number of benzene rings is 1. The number of nitrogens with zero attached hydrogens (tertiary/aromatic N) is 2. The van der Waals surface area contributed by atoms with Crippen LogP contribution in [-0.2, 0) is 4.79 Å². The second-order valence-electron chi connectivity index (χ2n) is 4.79. The molecule has 7 heteroatoms. The maximum absolute atomic E-state index is 11.4. The van der Waals surface area contributed by atoms with Crippen molar-refractivity contribution >= 4 is 11.7 Å². The highest BCUT2D eigenvalue weighted by Crippen LogP contribution is 2.21. The second kappa shape index (κ2) is 6.77. The first kappa shape index (κ1) is 15.6. The molecular formula is C15H15N3O4. The predicted octanol–water partition coefficient (Wildman–Crippen LogP) is 2.47. The molecule has 0 aliphatic heterocycles. The van der Waals surface area contributed by atoms with Crippen molar-refractivity contribution in [3.63, 3.8) is 0 Å². The summed E-state index contributed by atoms with van der Waals surface area (Å²) in [6, 6.07) is 8.17. The number of rotatable bonds is 6. The van der Waals surface area contributed by atoms with Crippen LogP contribution in [0.2, 0.25) is 0 Å². The molecule has 2 aromatic rings. The molecule has 1 aromatic heterocycles. The van der Waals surface area contributed by atoms with Gasteiger partial charge in [-0.05, 0) is 24.1 Å². The van der Waals surface area contributed by atoms with Crippen molar-refractivity contribution in [2.24, 2.45) is 0 Å². The number of nitro benzene ring substituents is 1. The van der Waals surface area contributed by atoms with Crippen LogP contribution in [0.15, 0.2) is 48.8 Å². The summed E-state index contributed by atoms with van der Waals surface area (Å²) in [7, 11) is 0.